The number of carbonyl (C=O) groups is 1. The molecule has 0 atom stereocenters. The van der Waals surface area contributed by atoms with E-state index in [2.05, 4.69) is 54.3 Å². The number of nitrogens with zero attached hydrogens (tertiary/aromatic N) is 3. The summed E-state index contributed by atoms with van der Waals surface area (Å²) in [5, 5.41) is 7.50. The van der Waals surface area contributed by atoms with Crippen molar-refractivity contribution in [2.24, 2.45) is 4.99 Å². The maximum absolute atomic E-state index is 12.6. The maximum atomic E-state index is 12.6. The van der Waals surface area contributed by atoms with Gasteiger partial charge in [0, 0.05) is 33.5 Å². The van der Waals surface area contributed by atoms with Crippen molar-refractivity contribution < 1.29 is 4.79 Å². The highest BCUT2D eigenvalue weighted by atomic mass is 32.2. The Morgan fingerprint density at radius 1 is 1.29 bits per heavy atom. The van der Waals surface area contributed by atoms with Crippen molar-refractivity contribution in [2.75, 3.05) is 5.32 Å². The number of fused-ring (bicyclic) bond motifs is 2. The van der Waals surface area contributed by atoms with Gasteiger partial charge in [-0.2, -0.15) is 5.10 Å². The molecule has 1 aliphatic rings. The lowest BCUT2D eigenvalue weighted by Gasteiger charge is -2.11. The molecule has 0 bridgehead atoms. The minimum Gasteiger partial charge on any atom is -0.321 e. The Hall–Kier alpha value is -2.77. The van der Waals surface area contributed by atoms with Crippen LogP contribution in [0.15, 0.2) is 80.7 Å². The Kier molecular flexibility index (Phi) is 6.63. The van der Waals surface area contributed by atoms with E-state index in [9.17, 15) is 4.79 Å². The molecule has 0 fully saturated rings. The Morgan fingerprint density at radius 3 is 2.90 bits per heavy atom. The second-order valence-corrected chi connectivity index (χ2v) is 9.73. The molecule has 7 heteroatoms. The summed E-state index contributed by atoms with van der Waals surface area (Å²) in [6, 6.07) is 13.9. The maximum Gasteiger partial charge on any atom is 0.256 e. The SMILES string of the molecule is C=N/C=C(/Cc1ccc2c(c1)NC(=O)c1ccccc1S2)SCn1cc(C(C)C)cn1. The molecule has 2 aromatic carbocycles. The molecule has 31 heavy (non-hydrogen) atoms. The van der Waals surface area contributed by atoms with Gasteiger partial charge in [-0.05, 0) is 48.0 Å². The first-order valence-corrected chi connectivity index (χ1v) is 11.8. The molecule has 1 amide bonds. The monoisotopic (exact) mass is 448 g/mol. The van der Waals surface area contributed by atoms with Crippen LogP contribution in [0.25, 0.3) is 0 Å². The highest BCUT2D eigenvalue weighted by Gasteiger charge is 2.19. The molecule has 0 spiro atoms. The van der Waals surface area contributed by atoms with Crippen LogP contribution in [-0.4, -0.2) is 22.4 Å². The summed E-state index contributed by atoms with van der Waals surface area (Å²) in [6.07, 6.45) is 6.52. The second-order valence-electron chi connectivity index (χ2n) is 7.58. The van der Waals surface area contributed by atoms with Gasteiger partial charge in [-0.3, -0.25) is 14.5 Å². The van der Waals surface area contributed by atoms with Crippen LogP contribution >= 0.6 is 23.5 Å². The highest BCUT2D eigenvalue weighted by molar-refractivity contribution is 8.02. The number of allylic oxidation sites excluding steroid dienone is 1. The summed E-state index contributed by atoms with van der Waals surface area (Å²) < 4.78 is 1.95. The normalized spacial score (nSPS) is 13.4. The number of nitrogens with one attached hydrogen (secondary N) is 1. The zero-order valence-electron chi connectivity index (χ0n) is 17.5. The zero-order valence-corrected chi connectivity index (χ0v) is 19.2. The number of hydrogen-bond donors (Lipinski definition) is 1. The minimum absolute atomic E-state index is 0.0727. The molecular weight excluding hydrogens is 424 g/mol. The summed E-state index contributed by atoms with van der Waals surface area (Å²) in [4.78, 5) is 19.7. The molecule has 5 nitrogen and oxygen atoms in total. The third-order valence-electron chi connectivity index (χ3n) is 4.96. The Bertz CT molecular complexity index is 1150. The van der Waals surface area contributed by atoms with Crippen LogP contribution < -0.4 is 5.32 Å². The predicted octanol–water partition coefficient (Wildman–Crippen LogP) is 6.20. The van der Waals surface area contributed by atoms with Gasteiger partial charge in [0.15, 0.2) is 0 Å². The van der Waals surface area contributed by atoms with E-state index in [1.807, 2.05) is 41.2 Å². The number of benzene rings is 2. The number of thioether (sulfide) groups is 1. The Balaban J connectivity index is 1.49. The van der Waals surface area contributed by atoms with Gasteiger partial charge in [0.25, 0.3) is 5.91 Å². The summed E-state index contributed by atoms with van der Waals surface area (Å²) in [5.41, 5.74) is 3.88. The Morgan fingerprint density at radius 2 is 2.13 bits per heavy atom. The predicted molar refractivity (Wildman–Crippen MR) is 130 cm³/mol. The highest BCUT2D eigenvalue weighted by Crippen LogP contribution is 2.39. The molecular formula is C24H24N4OS2. The average Bonchev–Trinajstić information content (AvgIpc) is 3.18. The van der Waals surface area contributed by atoms with E-state index in [1.54, 1.807) is 29.7 Å². The van der Waals surface area contributed by atoms with Gasteiger partial charge in [0.05, 0.1) is 23.3 Å². The third-order valence-corrected chi connectivity index (χ3v) is 7.13. The van der Waals surface area contributed by atoms with Crippen LogP contribution in [0, 0.1) is 0 Å². The van der Waals surface area contributed by atoms with Gasteiger partial charge < -0.3 is 5.32 Å². The fourth-order valence-corrected chi connectivity index (χ4v) is 5.13. The zero-order chi connectivity index (χ0) is 21.8. The number of amides is 1. The summed E-state index contributed by atoms with van der Waals surface area (Å²) in [7, 11) is 0. The van der Waals surface area contributed by atoms with Crippen molar-refractivity contribution in [1.82, 2.24) is 9.78 Å². The van der Waals surface area contributed by atoms with Gasteiger partial charge in [-0.15, -0.1) is 11.8 Å². The van der Waals surface area contributed by atoms with E-state index in [0.29, 0.717) is 23.8 Å². The van der Waals surface area contributed by atoms with Gasteiger partial charge in [0.2, 0.25) is 0 Å². The molecule has 4 rings (SSSR count). The van der Waals surface area contributed by atoms with Crippen molar-refractivity contribution in [3.05, 3.63) is 82.7 Å². The largest absolute Gasteiger partial charge is 0.321 e. The Labute approximate surface area is 191 Å². The number of aromatic nitrogens is 2. The molecule has 1 aliphatic heterocycles. The first-order valence-electron chi connectivity index (χ1n) is 10.0. The molecule has 0 saturated heterocycles. The molecule has 0 unspecified atom stereocenters. The number of carbonyl (C=O) groups excluding carboxylic acids is 1. The molecule has 158 valence electrons. The van der Waals surface area contributed by atoms with Crippen LogP contribution in [0.2, 0.25) is 0 Å². The first kappa shape index (κ1) is 21.5. The topological polar surface area (TPSA) is 59.3 Å². The lowest BCUT2D eigenvalue weighted by Crippen LogP contribution is -2.11. The fraction of sp³-hybridized carbons (Fsp3) is 0.208. The van der Waals surface area contributed by atoms with Crippen molar-refractivity contribution in [3.63, 3.8) is 0 Å². The smallest absolute Gasteiger partial charge is 0.256 e. The molecule has 0 aliphatic carbocycles. The standard InChI is InChI=1S/C24H24N4OS2/c1-16(2)18-12-26-28(14-18)15-30-19(13-25-3)10-17-8-9-23-21(11-17)27-24(29)20-6-4-5-7-22(20)31-23/h4-9,11-14,16H,3,10,15H2,1-2H3,(H,27,29)/b19-13-. The van der Waals surface area contributed by atoms with E-state index >= 15 is 0 Å². The van der Waals surface area contributed by atoms with E-state index in [4.69, 9.17) is 0 Å². The van der Waals surface area contributed by atoms with Gasteiger partial charge in [-0.1, -0.05) is 43.8 Å². The number of anilines is 1. The number of aliphatic imine (C=N–C) groups is 1. The van der Waals surface area contributed by atoms with Crippen LogP contribution in [-0.2, 0) is 12.3 Å². The lowest BCUT2D eigenvalue weighted by atomic mass is 10.1. The summed E-state index contributed by atoms with van der Waals surface area (Å²) in [6.45, 7) is 7.94. The van der Waals surface area contributed by atoms with Gasteiger partial charge in [0.1, 0.15) is 0 Å². The van der Waals surface area contributed by atoms with Crippen LogP contribution in [0.1, 0.15) is 41.3 Å². The average molecular weight is 449 g/mol. The minimum atomic E-state index is -0.0727. The van der Waals surface area contributed by atoms with Crippen LogP contribution in [0.3, 0.4) is 0 Å². The van der Waals surface area contributed by atoms with Crippen LogP contribution in [0.5, 0.6) is 0 Å². The van der Waals surface area contributed by atoms with E-state index in [1.165, 1.54) is 5.56 Å². The lowest BCUT2D eigenvalue weighted by molar-refractivity contribution is 0.102. The van der Waals surface area contributed by atoms with E-state index in [0.717, 1.165) is 25.9 Å². The van der Waals surface area contributed by atoms with Crippen LogP contribution in [0.4, 0.5) is 5.69 Å². The number of rotatable bonds is 7. The van der Waals surface area contributed by atoms with E-state index in [-0.39, 0.29) is 5.91 Å². The van der Waals surface area contributed by atoms with Gasteiger partial charge in [-0.25, -0.2) is 0 Å². The van der Waals surface area contributed by atoms with Gasteiger partial charge >= 0.3 is 0 Å². The van der Waals surface area contributed by atoms with Crippen molar-refractivity contribution in [3.8, 4) is 0 Å². The molecule has 2 heterocycles. The van der Waals surface area contributed by atoms with Crippen molar-refractivity contribution >= 4 is 41.8 Å². The first-order chi connectivity index (χ1) is 15.0. The van der Waals surface area contributed by atoms with Crippen molar-refractivity contribution in [2.45, 2.75) is 41.9 Å². The number of hydrogen-bond acceptors (Lipinski definition) is 5. The quantitative estimate of drug-likeness (QED) is 0.437. The third kappa shape index (κ3) is 5.11. The summed E-state index contributed by atoms with van der Waals surface area (Å²) >= 11 is 3.30. The molecule has 1 aromatic heterocycles. The molecule has 1 N–H and O–H groups in total. The second kappa shape index (κ2) is 9.58. The molecule has 0 saturated carbocycles. The molecule has 3 aromatic rings. The van der Waals surface area contributed by atoms with E-state index < -0.39 is 0 Å². The molecule has 0 radical (unpaired) electrons. The van der Waals surface area contributed by atoms with Crippen molar-refractivity contribution in [1.29, 1.82) is 0 Å². The summed E-state index contributed by atoms with van der Waals surface area (Å²) in [5.74, 6) is 1.10. The fourth-order valence-electron chi connectivity index (χ4n) is 3.26.